The highest BCUT2D eigenvalue weighted by atomic mass is 35.5. The van der Waals surface area contributed by atoms with Crippen LogP contribution in [0.1, 0.15) is 23.2 Å². The van der Waals surface area contributed by atoms with Crippen molar-refractivity contribution in [2.24, 2.45) is 5.92 Å². The molecule has 1 fully saturated rings. The number of aromatic nitrogens is 1. The molecule has 2 aromatic rings. The van der Waals surface area contributed by atoms with Gasteiger partial charge in [0.25, 0.3) is 5.91 Å². The van der Waals surface area contributed by atoms with Gasteiger partial charge in [-0.1, -0.05) is 11.6 Å². The number of benzene rings is 1. The van der Waals surface area contributed by atoms with Crippen LogP contribution < -0.4 is 10.1 Å². The zero-order valence-electron chi connectivity index (χ0n) is 14.7. The molecule has 8 heteroatoms. The van der Waals surface area contributed by atoms with Crippen molar-refractivity contribution in [2.45, 2.75) is 12.8 Å². The third-order valence-corrected chi connectivity index (χ3v) is 4.75. The Labute approximate surface area is 161 Å². The van der Waals surface area contributed by atoms with Crippen LogP contribution in [0.25, 0.3) is 0 Å². The quantitative estimate of drug-likeness (QED) is 0.867. The van der Waals surface area contributed by atoms with E-state index in [-0.39, 0.29) is 29.0 Å². The Bertz CT molecular complexity index is 837. The summed E-state index contributed by atoms with van der Waals surface area (Å²) in [4.78, 5) is 30.6. The van der Waals surface area contributed by atoms with Crippen molar-refractivity contribution in [1.82, 2.24) is 9.88 Å². The molecule has 0 spiro atoms. The highest BCUT2D eigenvalue weighted by Gasteiger charge is 2.28. The average molecular weight is 392 g/mol. The molecule has 1 aromatic carbocycles. The molecular formula is C19H19ClFN3O3. The predicted molar refractivity (Wildman–Crippen MR) is 99.5 cm³/mol. The fraction of sp³-hybridized carbons (Fsp3) is 0.316. The number of methoxy groups -OCH3 is 1. The van der Waals surface area contributed by atoms with E-state index in [0.717, 1.165) is 0 Å². The van der Waals surface area contributed by atoms with E-state index in [4.69, 9.17) is 16.3 Å². The van der Waals surface area contributed by atoms with E-state index in [2.05, 4.69) is 10.3 Å². The van der Waals surface area contributed by atoms with Gasteiger partial charge in [-0.15, -0.1) is 0 Å². The first-order valence-corrected chi connectivity index (χ1v) is 8.91. The molecule has 2 heterocycles. The minimum atomic E-state index is -0.576. The number of rotatable bonds is 4. The zero-order chi connectivity index (χ0) is 19.4. The fourth-order valence-corrected chi connectivity index (χ4v) is 3.12. The Hall–Kier alpha value is -2.67. The van der Waals surface area contributed by atoms with Gasteiger partial charge in [0.05, 0.1) is 12.1 Å². The van der Waals surface area contributed by atoms with Crippen molar-refractivity contribution in [3.05, 3.63) is 52.9 Å². The van der Waals surface area contributed by atoms with Crippen LogP contribution in [-0.2, 0) is 4.79 Å². The summed E-state index contributed by atoms with van der Waals surface area (Å²) in [5.74, 6) is -0.635. The number of halogens is 2. The first kappa shape index (κ1) is 19.1. The van der Waals surface area contributed by atoms with E-state index >= 15 is 0 Å². The standard InChI is InChI=1S/C19H19ClFN3O3/c1-27-16-4-2-13(10-15(16)21)19(26)24-8-6-12(7-9-24)18(25)23-17-5-3-14(20)11-22-17/h2-5,10-12H,6-9H2,1H3,(H,22,23,25). The second kappa shape index (κ2) is 8.35. The molecule has 3 rings (SSSR count). The molecule has 0 atom stereocenters. The molecule has 142 valence electrons. The van der Waals surface area contributed by atoms with E-state index in [0.29, 0.717) is 36.8 Å². The largest absolute Gasteiger partial charge is 0.494 e. The summed E-state index contributed by atoms with van der Waals surface area (Å²) in [5, 5.41) is 3.25. The summed E-state index contributed by atoms with van der Waals surface area (Å²) in [5.41, 5.74) is 0.265. The van der Waals surface area contributed by atoms with Crippen molar-refractivity contribution in [3.8, 4) is 5.75 Å². The first-order valence-electron chi connectivity index (χ1n) is 8.53. The first-order chi connectivity index (χ1) is 13.0. The van der Waals surface area contributed by atoms with Gasteiger partial charge in [0.15, 0.2) is 11.6 Å². The lowest BCUT2D eigenvalue weighted by molar-refractivity contribution is -0.121. The number of amides is 2. The molecule has 0 unspecified atom stereocenters. The summed E-state index contributed by atoms with van der Waals surface area (Å²) < 4.78 is 18.7. The molecule has 2 amide bonds. The van der Waals surface area contributed by atoms with Crippen LogP contribution in [0.2, 0.25) is 5.02 Å². The van der Waals surface area contributed by atoms with Gasteiger partial charge >= 0.3 is 0 Å². The third-order valence-electron chi connectivity index (χ3n) is 4.53. The molecule has 1 N–H and O–H groups in total. The highest BCUT2D eigenvalue weighted by Crippen LogP contribution is 2.23. The average Bonchev–Trinajstić information content (AvgIpc) is 2.69. The number of nitrogens with one attached hydrogen (secondary N) is 1. The van der Waals surface area contributed by atoms with Gasteiger partial charge in [-0.2, -0.15) is 0 Å². The number of pyridine rings is 1. The van der Waals surface area contributed by atoms with Gasteiger partial charge in [0.1, 0.15) is 5.82 Å². The maximum absolute atomic E-state index is 13.8. The van der Waals surface area contributed by atoms with E-state index in [1.54, 1.807) is 17.0 Å². The lowest BCUT2D eigenvalue weighted by Crippen LogP contribution is -2.41. The maximum atomic E-state index is 13.8. The summed E-state index contributed by atoms with van der Waals surface area (Å²) in [7, 11) is 1.37. The van der Waals surface area contributed by atoms with Gasteiger partial charge in [-0.3, -0.25) is 9.59 Å². The van der Waals surface area contributed by atoms with Crippen molar-refractivity contribution in [3.63, 3.8) is 0 Å². The number of likely N-dealkylation sites (tertiary alicyclic amines) is 1. The smallest absolute Gasteiger partial charge is 0.253 e. The van der Waals surface area contributed by atoms with Crippen molar-refractivity contribution >= 4 is 29.2 Å². The van der Waals surface area contributed by atoms with Gasteiger partial charge in [0.2, 0.25) is 5.91 Å². The number of piperidine rings is 1. The van der Waals surface area contributed by atoms with Crippen molar-refractivity contribution in [2.75, 3.05) is 25.5 Å². The molecule has 1 aliphatic rings. The normalized spacial score (nSPS) is 14.7. The summed E-state index contributed by atoms with van der Waals surface area (Å²) in [6, 6.07) is 7.43. The van der Waals surface area contributed by atoms with E-state index < -0.39 is 5.82 Å². The van der Waals surface area contributed by atoms with Crippen LogP contribution in [-0.4, -0.2) is 41.9 Å². The van der Waals surface area contributed by atoms with Crippen LogP contribution in [0.15, 0.2) is 36.5 Å². The molecule has 27 heavy (non-hydrogen) atoms. The third kappa shape index (κ3) is 4.54. The summed E-state index contributed by atoms with van der Waals surface area (Å²) in [6.07, 6.45) is 2.53. The van der Waals surface area contributed by atoms with Gasteiger partial charge < -0.3 is 15.0 Å². The van der Waals surface area contributed by atoms with Gasteiger partial charge in [0, 0.05) is 30.8 Å². The predicted octanol–water partition coefficient (Wildman–Crippen LogP) is 3.37. The fourth-order valence-electron chi connectivity index (χ4n) is 3.00. The molecule has 1 aromatic heterocycles. The number of ether oxygens (including phenoxy) is 1. The number of nitrogens with zero attached hydrogens (tertiary/aromatic N) is 2. The zero-order valence-corrected chi connectivity index (χ0v) is 15.5. The second-order valence-electron chi connectivity index (χ2n) is 6.27. The molecule has 1 saturated heterocycles. The minimum absolute atomic E-state index is 0.0951. The number of anilines is 1. The topological polar surface area (TPSA) is 71.5 Å². The van der Waals surface area contributed by atoms with Gasteiger partial charge in [-0.05, 0) is 43.2 Å². The van der Waals surface area contributed by atoms with E-state index in [9.17, 15) is 14.0 Å². The second-order valence-corrected chi connectivity index (χ2v) is 6.70. The van der Waals surface area contributed by atoms with Crippen molar-refractivity contribution < 1.29 is 18.7 Å². The number of carbonyl (C=O) groups excluding carboxylic acids is 2. The Balaban J connectivity index is 1.56. The lowest BCUT2D eigenvalue weighted by Gasteiger charge is -2.31. The molecule has 0 bridgehead atoms. The lowest BCUT2D eigenvalue weighted by atomic mass is 9.95. The Morgan fingerprint density at radius 3 is 2.59 bits per heavy atom. The molecule has 1 aliphatic heterocycles. The SMILES string of the molecule is COc1ccc(C(=O)N2CCC(C(=O)Nc3ccc(Cl)cn3)CC2)cc1F. The van der Waals surface area contributed by atoms with E-state index in [1.807, 2.05) is 0 Å². The van der Waals surface area contributed by atoms with Crippen LogP contribution in [0, 0.1) is 11.7 Å². The molecule has 0 saturated carbocycles. The summed E-state index contributed by atoms with van der Waals surface area (Å²) in [6.45, 7) is 0.858. The number of hydrogen-bond donors (Lipinski definition) is 1. The number of carbonyl (C=O) groups is 2. The Morgan fingerprint density at radius 2 is 2.00 bits per heavy atom. The minimum Gasteiger partial charge on any atom is -0.494 e. The maximum Gasteiger partial charge on any atom is 0.253 e. The van der Waals surface area contributed by atoms with Crippen LogP contribution in [0.4, 0.5) is 10.2 Å². The Kier molecular flexibility index (Phi) is 5.91. The van der Waals surface area contributed by atoms with E-state index in [1.165, 1.54) is 31.5 Å². The highest BCUT2D eigenvalue weighted by molar-refractivity contribution is 6.30. The molecule has 0 radical (unpaired) electrons. The Morgan fingerprint density at radius 1 is 1.26 bits per heavy atom. The van der Waals surface area contributed by atoms with Crippen LogP contribution >= 0.6 is 11.6 Å². The summed E-state index contributed by atoms with van der Waals surface area (Å²) >= 11 is 5.78. The molecule has 0 aliphatic carbocycles. The van der Waals surface area contributed by atoms with Crippen molar-refractivity contribution in [1.29, 1.82) is 0 Å². The van der Waals surface area contributed by atoms with Crippen LogP contribution in [0.3, 0.4) is 0 Å². The monoisotopic (exact) mass is 391 g/mol. The van der Waals surface area contributed by atoms with Gasteiger partial charge in [-0.25, -0.2) is 9.37 Å². The van der Waals surface area contributed by atoms with Crippen LogP contribution in [0.5, 0.6) is 5.75 Å². The molecular weight excluding hydrogens is 373 g/mol. The molecule has 6 nitrogen and oxygen atoms in total. The number of hydrogen-bond acceptors (Lipinski definition) is 4.